The largest absolute Gasteiger partial charge is 0.473 e. The zero-order chi connectivity index (χ0) is 18.9. The summed E-state index contributed by atoms with van der Waals surface area (Å²) < 4.78 is 20.2. The van der Waals surface area contributed by atoms with Crippen LogP contribution in [0.5, 0.6) is 0 Å². The molecule has 1 unspecified atom stereocenters. The fraction of sp³-hybridized carbons (Fsp3) is 0.818. The van der Waals surface area contributed by atoms with Crippen molar-refractivity contribution in [3.05, 3.63) is 0 Å². The topological polar surface area (TPSA) is 211 Å². The SMILES string of the molecule is O=CC[C@@H](O)[C@H](O)[C@H](O)COP(=O)(O)O[C@@H](C=O)[C@@H](O)[C@H](O)CO. The lowest BCUT2D eigenvalue weighted by atomic mass is 10.1. The number of carbonyl (C=O) groups is 2. The van der Waals surface area contributed by atoms with Crippen LogP contribution >= 0.6 is 7.82 Å². The third-order valence-corrected chi connectivity index (χ3v) is 3.83. The van der Waals surface area contributed by atoms with Gasteiger partial charge in [-0.2, -0.15) is 0 Å². The molecule has 0 saturated heterocycles. The Kier molecular flexibility index (Phi) is 10.6. The van der Waals surface area contributed by atoms with Gasteiger partial charge in [0.15, 0.2) is 12.4 Å². The first-order valence-corrected chi connectivity index (χ1v) is 8.15. The van der Waals surface area contributed by atoms with Crippen molar-refractivity contribution in [2.45, 2.75) is 43.0 Å². The Hall–Kier alpha value is -0.790. The van der Waals surface area contributed by atoms with Gasteiger partial charge in [-0.05, 0) is 0 Å². The second-order valence-electron chi connectivity index (χ2n) is 4.74. The van der Waals surface area contributed by atoms with Gasteiger partial charge >= 0.3 is 7.82 Å². The van der Waals surface area contributed by atoms with E-state index in [1.54, 1.807) is 0 Å². The molecule has 0 aromatic carbocycles. The zero-order valence-corrected chi connectivity index (χ0v) is 13.3. The van der Waals surface area contributed by atoms with Crippen LogP contribution in [0.1, 0.15) is 6.42 Å². The summed E-state index contributed by atoms with van der Waals surface area (Å²) in [5.74, 6) is 0. The maximum atomic E-state index is 11.6. The number of aldehydes is 2. The van der Waals surface area contributed by atoms with E-state index in [1.807, 2.05) is 0 Å². The molecule has 0 aromatic rings. The standard InChI is InChI=1S/C11H21O12P/c12-2-1-6(15)10(18)8(17)5-22-24(20,21)23-9(4-14)11(19)7(16)3-13/h2,4,6-11,13,15-19H,1,3,5H2,(H,20,21)/t6-,7-,8-,9+,10+,11+/m1/s1. The normalized spacial score (nSPS) is 21.8. The molecule has 0 saturated carbocycles. The smallest absolute Gasteiger partial charge is 0.394 e. The molecule has 13 heteroatoms. The van der Waals surface area contributed by atoms with Crippen molar-refractivity contribution >= 4 is 20.4 Å². The van der Waals surface area contributed by atoms with Crippen molar-refractivity contribution in [3.63, 3.8) is 0 Å². The van der Waals surface area contributed by atoms with Crippen LogP contribution in [0.4, 0.5) is 0 Å². The van der Waals surface area contributed by atoms with Gasteiger partial charge in [-0.3, -0.25) is 9.05 Å². The van der Waals surface area contributed by atoms with E-state index in [4.69, 9.17) is 10.2 Å². The molecule has 0 aliphatic rings. The molecule has 0 radical (unpaired) electrons. The Balaban J connectivity index is 4.64. The van der Waals surface area contributed by atoms with Gasteiger partial charge < -0.3 is 45.1 Å². The van der Waals surface area contributed by atoms with Gasteiger partial charge in [0, 0.05) is 6.42 Å². The molecule has 12 nitrogen and oxygen atoms in total. The van der Waals surface area contributed by atoms with Gasteiger partial charge in [0.1, 0.15) is 30.7 Å². The van der Waals surface area contributed by atoms with Crippen molar-refractivity contribution in [1.82, 2.24) is 0 Å². The lowest BCUT2D eigenvalue weighted by molar-refractivity contribution is -0.128. The van der Waals surface area contributed by atoms with E-state index in [2.05, 4.69) is 9.05 Å². The molecule has 0 heterocycles. The molecule has 0 amide bonds. The molecule has 7 N–H and O–H groups in total. The summed E-state index contributed by atoms with van der Waals surface area (Å²) in [5.41, 5.74) is 0. The second-order valence-corrected chi connectivity index (χ2v) is 6.14. The lowest BCUT2D eigenvalue weighted by Gasteiger charge is -2.25. The summed E-state index contributed by atoms with van der Waals surface area (Å²) in [7, 11) is -5.01. The zero-order valence-electron chi connectivity index (χ0n) is 12.4. The first kappa shape index (κ1) is 23.2. The van der Waals surface area contributed by atoms with E-state index in [1.165, 1.54) is 0 Å². The molecule has 0 spiro atoms. The fourth-order valence-corrected chi connectivity index (χ4v) is 2.33. The molecular weight excluding hydrogens is 355 g/mol. The number of rotatable bonds is 13. The highest BCUT2D eigenvalue weighted by atomic mass is 31.2. The summed E-state index contributed by atoms with van der Waals surface area (Å²) in [6, 6.07) is 0. The number of phosphoric acid groups is 1. The molecule has 142 valence electrons. The van der Waals surface area contributed by atoms with Gasteiger partial charge in [0.25, 0.3) is 0 Å². The van der Waals surface area contributed by atoms with E-state index < -0.39 is 64.1 Å². The van der Waals surface area contributed by atoms with Crippen molar-refractivity contribution in [3.8, 4) is 0 Å². The summed E-state index contributed by atoms with van der Waals surface area (Å²) in [4.78, 5) is 30.3. The summed E-state index contributed by atoms with van der Waals surface area (Å²) >= 11 is 0. The Morgan fingerprint density at radius 3 is 2.00 bits per heavy atom. The third-order valence-electron chi connectivity index (χ3n) is 2.84. The quantitative estimate of drug-likeness (QED) is 0.121. The highest BCUT2D eigenvalue weighted by Gasteiger charge is 2.35. The van der Waals surface area contributed by atoms with E-state index >= 15 is 0 Å². The number of hydrogen-bond donors (Lipinski definition) is 7. The van der Waals surface area contributed by atoms with Crippen molar-refractivity contribution in [2.75, 3.05) is 13.2 Å². The van der Waals surface area contributed by atoms with Gasteiger partial charge in [0.05, 0.1) is 19.3 Å². The minimum atomic E-state index is -5.01. The van der Waals surface area contributed by atoms with Crippen molar-refractivity contribution < 1.29 is 58.7 Å². The minimum absolute atomic E-state index is 0.116. The number of phosphoric ester groups is 1. The van der Waals surface area contributed by atoms with Crippen molar-refractivity contribution in [2.24, 2.45) is 0 Å². The number of carbonyl (C=O) groups excluding carboxylic acids is 2. The highest BCUT2D eigenvalue weighted by Crippen LogP contribution is 2.45. The maximum Gasteiger partial charge on any atom is 0.473 e. The predicted molar refractivity (Wildman–Crippen MR) is 74.5 cm³/mol. The van der Waals surface area contributed by atoms with Crippen LogP contribution in [0.3, 0.4) is 0 Å². The molecule has 0 fully saturated rings. The van der Waals surface area contributed by atoms with Crippen LogP contribution < -0.4 is 0 Å². The van der Waals surface area contributed by atoms with Crippen LogP contribution in [0.15, 0.2) is 0 Å². The summed E-state index contributed by atoms with van der Waals surface area (Å²) in [6.07, 6.45) is -11.6. The Morgan fingerprint density at radius 1 is 0.958 bits per heavy atom. The van der Waals surface area contributed by atoms with E-state index in [0.29, 0.717) is 0 Å². The predicted octanol–water partition coefficient (Wildman–Crippen LogP) is -3.93. The molecule has 0 bridgehead atoms. The van der Waals surface area contributed by atoms with Gasteiger partial charge in [-0.15, -0.1) is 0 Å². The van der Waals surface area contributed by atoms with E-state index in [0.717, 1.165) is 0 Å². The van der Waals surface area contributed by atoms with Crippen LogP contribution in [-0.2, 0) is 23.2 Å². The Morgan fingerprint density at radius 2 is 1.54 bits per heavy atom. The summed E-state index contributed by atoms with van der Waals surface area (Å²) in [6.45, 7) is -1.97. The van der Waals surface area contributed by atoms with E-state index in [-0.39, 0.29) is 12.6 Å². The lowest BCUT2D eigenvalue weighted by Crippen LogP contribution is -2.42. The first-order valence-electron chi connectivity index (χ1n) is 6.65. The van der Waals surface area contributed by atoms with Crippen molar-refractivity contribution in [1.29, 1.82) is 0 Å². The molecule has 0 aromatic heterocycles. The minimum Gasteiger partial charge on any atom is -0.394 e. The fourth-order valence-electron chi connectivity index (χ4n) is 1.44. The average molecular weight is 376 g/mol. The third kappa shape index (κ3) is 7.85. The monoisotopic (exact) mass is 376 g/mol. The average Bonchev–Trinajstić information content (AvgIpc) is 2.55. The van der Waals surface area contributed by atoms with Crippen LogP contribution in [0, 0.1) is 0 Å². The van der Waals surface area contributed by atoms with E-state index in [9.17, 15) is 39.5 Å². The number of aliphatic hydroxyl groups excluding tert-OH is 6. The Labute approximate surface area is 136 Å². The summed E-state index contributed by atoms with van der Waals surface area (Å²) in [5, 5.41) is 55.4. The molecule has 0 aliphatic carbocycles. The van der Waals surface area contributed by atoms with Gasteiger partial charge in [-0.25, -0.2) is 4.57 Å². The van der Waals surface area contributed by atoms with Gasteiger partial charge in [-0.1, -0.05) is 0 Å². The highest BCUT2D eigenvalue weighted by molar-refractivity contribution is 7.47. The molecule has 24 heavy (non-hydrogen) atoms. The van der Waals surface area contributed by atoms with Crippen LogP contribution in [0.2, 0.25) is 0 Å². The second kappa shape index (κ2) is 10.9. The maximum absolute atomic E-state index is 11.6. The molecular formula is C11H21O12P. The Bertz CT molecular complexity index is 431. The number of hydrogen-bond acceptors (Lipinski definition) is 11. The first-order chi connectivity index (χ1) is 11.1. The molecule has 0 aliphatic heterocycles. The van der Waals surface area contributed by atoms with Crippen LogP contribution in [-0.4, -0.2) is 97.9 Å². The molecule has 0 rings (SSSR count). The van der Waals surface area contributed by atoms with Gasteiger partial charge in [0.2, 0.25) is 0 Å². The van der Waals surface area contributed by atoms with Crippen LogP contribution in [0.25, 0.3) is 0 Å². The molecule has 7 atom stereocenters. The number of aliphatic hydroxyl groups is 6.